The van der Waals surface area contributed by atoms with Crippen LogP contribution in [0.1, 0.15) is 6.92 Å². The van der Waals surface area contributed by atoms with Crippen LogP contribution in [0.3, 0.4) is 0 Å². The first-order chi connectivity index (χ1) is 10.7. The monoisotopic (exact) mass is 315 g/mol. The Kier molecular flexibility index (Phi) is 2.73. The van der Waals surface area contributed by atoms with Crippen molar-refractivity contribution in [1.29, 1.82) is 0 Å². The van der Waals surface area contributed by atoms with E-state index in [9.17, 15) is 4.79 Å². The van der Waals surface area contributed by atoms with E-state index in [1.54, 1.807) is 18.2 Å². The molecule has 0 atom stereocenters. The van der Waals surface area contributed by atoms with Crippen molar-refractivity contribution < 1.29 is 0 Å². The number of rotatable bonds is 2. The fourth-order valence-electron chi connectivity index (χ4n) is 2.58. The van der Waals surface area contributed by atoms with Gasteiger partial charge >= 0.3 is 0 Å². The molecule has 0 aliphatic heterocycles. The molecule has 0 aliphatic rings. The van der Waals surface area contributed by atoms with Crippen LogP contribution < -0.4 is 5.56 Å². The molecule has 3 aromatic heterocycles. The maximum Gasteiger partial charge on any atom is 0.282 e. The molecule has 0 bridgehead atoms. The molecule has 4 aromatic rings. The van der Waals surface area contributed by atoms with E-state index in [-0.39, 0.29) is 5.56 Å². The zero-order valence-corrected chi connectivity index (χ0v) is 12.2. The third-order valence-electron chi connectivity index (χ3n) is 3.54. The topological polar surface area (TPSA) is 93.8 Å². The molecule has 0 saturated heterocycles. The molecule has 22 heavy (non-hydrogen) atoms. The number of halogens is 1. The second-order valence-electron chi connectivity index (χ2n) is 4.76. The zero-order valence-electron chi connectivity index (χ0n) is 11.5. The lowest BCUT2D eigenvalue weighted by molar-refractivity contribution is 0.772. The van der Waals surface area contributed by atoms with Crippen LogP contribution in [-0.2, 0) is 6.54 Å². The van der Waals surface area contributed by atoms with E-state index in [2.05, 4.69) is 25.7 Å². The Morgan fingerprint density at radius 1 is 1.32 bits per heavy atom. The molecule has 0 aliphatic carbocycles. The minimum atomic E-state index is -0.226. The van der Waals surface area contributed by atoms with Gasteiger partial charge in [0.05, 0.1) is 10.9 Å². The van der Waals surface area contributed by atoms with E-state index in [0.29, 0.717) is 34.1 Å². The number of aryl methyl sites for hydroxylation is 1. The molecule has 110 valence electrons. The van der Waals surface area contributed by atoms with Gasteiger partial charge in [0.15, 0.2) is 5.82 Å². The van der Waals surface area contributed by atoms with E-state index in [1.807, 2.05) is 17.6 Å². The number of nitrogens with one attached hydrogen (secondary N) is 1. The second kappa shape index (κ2) is 4.63. The first-order valence-corrected chi connectivity index (χ1v) is 7.03. The highest BCUT2D eigenvalue weighted by Gasteiger charge is 2.15. The first kappa shape index (κ1) is 13.0. The van der Waals surface area contributed by atoms with Gasteiger partial charge in [0.2, 0.25) is 0 Å². The maximum absolute atomic E-state index is 12.7. The molecule has 0 fully saturated rings. The highest BCUT2D eigenvalue weighted by atomic mass is 35.5. The van der Waals surface area contributed by atoms with Crippen molar-refractivity contribution in [3.63, 3.8) is 0 Å². The highest BCUT2D eigenvalue weighted by Crippen LogP contribution is 2.21. The van der Waals surface area contributed by atoms with Gasteiger partial charge in [0.1, 0.15) is 11.3 Å². The molecule has 8 nitrogen and oxygen atoms in total. The van der Waals surface area contributed by atoms with E-state index in [4.69, 9.17) is 11.6 Å². The second-order valence-corrected chi connectivity index (χ2v) is 5.20. The third-order valence-corrected chi connectivity index (χ3v) is 3.78. The minimum absolute atomic E-state index is 0.226. The first-order valence-electron chi connectivity index (χ1n) is 6.65. The van der Waals surface area contributed by atoms with Crippen molar-refractivity contribution >= 4 is 28.2 Å². The standard InChI is InChI=1S/C13H10ClN7O/c1-2-20-10-4-3-7(14)5-8(10)13(22)21-11(20)6-9(17-21)12-15-18-19-16-12/h3-6H,2H2,1H3,(H,15,16,18,19). The number of fused-ring (bicyclic) bond motifs is 2. The van der Waals surface area contributed by atoms with Crippen LogP contribution in [0.2, 0.25) is 5.02 Å². The number of hydrogen-bond acceptors (Lipinski definition) is 5. The number of nitrogens with zero attached hydrogens (tertiary/aromatic N) is 6. The molecule has 0 saturated carbocycles. The Hall–Kier alpha value is -2.74. The molecule has 0 radical (unpaired) electrons. The van der Waals surface area contributed by atoms with Crippen molar-refractivity contribution in [3.8, 4) is 11.5 Å². The summed E-state index contributed by atoms with van der Waals surface area (Å²) < 4.78 is 3.34. The maximum atomic E-state index is 12.7. The number of H-pyrrole nitrogens is 1. The Balaban J connectivity index is 2.17. The number of aromatic nitrogens is 7. The Morgan fingerprint density at radius 2 is 2.18 bits per heavy atom. The summed E-state index contributed by atoms with van der Waals surface area (Å²) >= 11 is 6.01. The molecule has 9 heteroatoms. The Morgan fingerprint density at radius 3 is 2.91 bits per heavy atom. The van der Waals surface area contributed by atoms with Crippen LogP contribution in [0.5, 0.6) is 0 Å². The van der Waals surface area contributed by atoms with Crippen LogP contribution in [0.4, 0.5) is 0 Å². The van der Waals surface area contributed by atoms with Gasteiger partial charge in [-0.1, -0.05) is 11.6 Å². The predicted octanol–water partition coefficient (Wildman–Crippen LogP) is 1.50. The molecule has 0 unspecified atom stereocenters. The summed E-state index contributed by atoms with van der Waals surface area (Å²) in [6.45, 7) is 2.68. The fourth-order valence-corrected chi connectivity index (χ4v) is 2.75. The van der Waals surface area contributed by atoms with Crippen LogP contribution in [-0.4, -0.2) is 34.8 Å². The molecule has 0 amide bonds. The lowest BCUT2D eigenvalue weighted by Gasteiger charge is -2.10. The average Bonchev–Trinajstić information content (AvgIpc) is 3.17. The molecule has 3 heterocycles. The van der Waals surface area contributed by atoms with Gasteiger partial charge in [-0.15, -0.1) is 5.10 Å². The van der Waals surface area contributed by atoms with Gasteiger partial charge in [-0.2, -0.15) is 9.61 Å². The zero-order chi connectivity index (χ0) is 15.3. The van der Waals surface area contributed by atoms with Crippen molar-refractivity contribution in [2.24, 2.45) is 0 Å². The largest absolute Gasteiger partial charge is 0.326 e. The molecule has 1 aromatic carbocycles. The summed E-state index contributed by atoms with van der Waals surface area (Å²) in [5.41, 5.74) is 1.77. The summed E-state index contributed by atoms with van der Waals surface area (Å²) in [4.78, 5) is 12.7. The van der Waals surface area contributed by atoms with E-state index >= 15 is 0 Å². The predicted molar refractivity (Wildman–Crippen MR) is 80.8 cm³/mol. The SMILES string of the molecule is CCn1c2ccc(Cl)cc2c(=O)n2nc(-c3nnn[nH]3)cc12. The van der Waals surface area contributed by atoms with Gasteiger partial charge in [-0.05, 0) is 35.5 Å². The summed E-state index contributed by atoms with van der Waals surface area (Å²) in [7, 11) is 0. The molecule has 1 N–H and O–H groups in total. The van der Waals surface area contributed by atoms with E-state index in [1.165, 1.54) is 4.52 Å². The van der Waals surface area contributed by atoms with Gasteiger partial charge < -0.3 is 4.57 Å². The van der Waals surface area contributed by atoms with Gasteiger partial charge in [0, 0.05) is 17.6 Å². The number of aromatic amines is 1. The lowest BCUT2D eigenvalue weighted by Crippen LogP contribution is -2.19. The average molecular weight is 316 g/mol. The van der Waals surface area contributed by atoms with Gasteiger partial charge in [-0.25, -0.2) is 5.10 Å². The molecule has 0 spiro atoms. The van der Waals surface area contributed by atoms with Crippen molar-refractivity contribution in [1.82, 2.24) is 34.8 Å². The fraction of sp³-hybridized carbons (Fsp3) is 0.154. The molecular formula is C13H10ClN7O. The van der Waals surface area contributed by atoms with Crippen molar-refractivity contribution in [2.45, 2.75) is 13.5 Å². The molecular weight excluding hydrogens is 306 g/mol. The van der Waals surface area contributed by atoms with Crippen LogP contribution in [0.25, 0.3) is 28.1 Å². The van der Waals surface area contributed by atoms with Crippen molar-refractivity contribution in [3.05, 3.63) is 39.6 Å². The Bertz CT molecular complexity index is 1050. The lowest BCUT2D eigenvalue weighted by atomic mass is 10.2. The van der Waals surface area contributed by atoms with Crippen molar-refractivity contribution in [2.75, 3.05) is 0 Å². The third kappa shape index (κ3) is 1.74. The highest BCUT2D eigenvalue weighted by molar-refractivity contribution is 6.31. The summed E-state index contributed by atoms with van der Waals surface area (Å²) in [6, 6.07) is 7.04. The van der Waals surface area contributed by atoms with Crippen LogP contribution in [0, 0.1) is 0 Å². The number of hydrogen-bond donors (Lipinski definition) is 1. The van der Waals surface area contributed by atoms with Gasteiger partial charge in [0.25, 0.3) is 5.56 Å². The minimum Gasteiger partial charge on any atom is -0.326 e. The van der Waals surface area contributed by atoms with E-state index in [0.717, 1.165) is 5.52 Å². The summed E-state index contributed by atoms with van der Waals surface area (Å²) in [6.07, 6.45) is 0. The summed E-state index contributed by atoms with van der Waals surface area (Å²) in [5, 5.41) is 18.9. The number of benzene rings is 1. The smallest absolute Gasteiger partial charge is 0.282 e. The van der Waals surface area contributed by atoms with E-state index < -0.39 is 0 Å². The normalized spacial score (nSPS) is 11.5. The quantitative estimate of drug-likeness (QED) is 0.605. The molecule has 4 rings (SSSR count). The summed E-state index contributed by atoms with van der Waals surface area (Å²) in [5.74, 6) is 0.410. The van der Waals surface area contributed by atoms with Gasteiger partial charge in [-0.3, -0.25) is 4.79 Å². The number of tetrazole rings is 1. The van der Waals surface area contributed by atoms with Crippen LogP contribution >= 0.6 is 11.6 Å². The van der Waals surface area contributed by atoms with Crippen LogP contribution in [0.15, 0.2) is 29.1 Å². The Labute approximate surface area is 128 Å².